The Morgan fingerprint density at radius 1 is 0.955 bits per heavy atom. The van der Waals surface area contributed by atoms with Crippen molar-refractivity contribution in [1.29, 1.82) is 0 Å². The number of carbonyl (C=O) groups excluding carboxylic acids is 3. The molecule has 22 heavy (non-hydrogen) atoms. The van der Waals surface area contributed by atoms with Gasteiger partial charge in [-0.05, 0) is 12.2 Å². The number of ether oxygens (including phenoxy) is 5. The summed E-state index contributed by atoms with van der Waals surface area (Å²) in [7, 11) is 0. The third-order valence-electron chi connectivity index (χ3n) is 3.17. The summed E-state index contributed by atoms with van der Waals surface area (Å²) in [5.74, 6) is -3.11. The van der Waals surface area contributed by atoms with E-state index in [2.05, 4.69) is 0 Å². The molecule has 0 N–H and O–H groups in total. The smallest absolute Gasteiger partial charge is 0.303 e. The van der Waals surface area contributed by atoms with E-state index >= 15 is 0 Å². The van der Waals surface area contributed by atoms with Crippen molar-refractivity contribution in [1.82, 2.24) is 0 Å². The van der Waals surface area contributed by atoms with Crippen LogP contribution in [0.25, 0.3) is 0 Å². The molecule has 2 aliphatic rings. The van der Waals surface area contributed by atoms with Crippen molar-refractivity contribution in [3.05, 3.63) is 12.2 Å². The molecular weight excluding hydrogens is 296 g/mol. The minimum atomic E-state index is -1.34. The van der Waals surface area contributed by atoms with Crippen LogP contribution in [0.15, 0.2) is 12.2 Å². The molecule has 0 aromatic heterocycles. The Morgan fingerprint density at radius 3 is 2.00 bits per heavy atom. The van der Waals surface area contributed by atoms with Gasteiger partial charge < -0.3 is 23.7 Å². The van der Waals surface area contributed by atoms with Gasteiger partial charge in [0.25, 0.3) is 0 Å². The maximum absolute atomic E-state index is 11.4. The zero-order chi connectivity index (χ0) is 16.3. The van der Waals surface area contributed by atoms with Gasteiger partial charge >= 0.3 is 17.9 Å². The quantitative estimate of drug-likeness (QED) is 0.411. The summed E-state index contributed by atoms with van der Waals surface area (Å²) in [6.07, 6.45) is -0.0232. The van der Waals surface area contributed by atoms with Crippen LogP contribution in [0.3, 0.4) is 0 Å². The predicted molar refractivity (Wildman–Crippen MR) is 70.4 cm³/mol. The van der Waals surface area contributed by atoms with Crippen molar-refractivity contribution >= 4 is 17.9 Å². The Labute approximate surface area is 127 Å². The lowest BCUT2D eigenvalue weighted by atomic mass is 9.92. The van der Waals surface area contributed by atoms with E-state index in [0.717, 1.165) is 0 Å². The Balaban J connectivity index is 2.36. The highest BCUT2D eigenvalue weighted by Crippen LogP contribution is 2.36. The van der Waals surface area contributed by atoms with Crippen molar-refractivity contribution in [3.63, 3.8) is 0 Å². The van der Waals surface area contributed by atoms with Crippen LogP contribution < -0.4 is 0 Å². The molecule has 1 spiro atoms. The lowest BCUT2D eigenvalue weighted by Crippen LogP contribution is -2.59. The van der Waals surface area contributed by atoms with Gasteiger partial charge in [0.05, 0.1) is 13.2 Å². The number of hydrogen-bond acceptors (Lipinski definition) is 8. The molecule has 122 valence electrons. The Bertz CT molecular complexity index is 491. The summed E-state index contributed by atoms with van der Waals surface area (Å²) < 4.78 is 26.6. The van der Waals surface area contributed by atoms with E-state index in [9.17, 15) is 14.4 Å². The molecule has 0 radical (unpaired) electrons. The van der Waals surface area contributed by atoms with Crippen LogP contribution in [0.4, 0.5) is 0 Å². The van der Waals surface area contributed by atoms with Gasteiger partial charge in [0.15, 0.2) is 18.3 Å². The van der Waals surface area contributed by atoms with Crippen molar-refractivity contribution in [2.24, 2.45) is 0 Å². The molecule has 1 aliphatic carbocycles. The molecule has 8 nitrogen and oxygen atoms in total. The van der Waals surface area contributed by atoms with Gasteiger partial charge in [0.2, 0.25) is 5.79 Å². The van der Waals surface area contributed by atoms with Crippen molar-refractivity contribution in [2.45, 2.75) is 44.9 Å². The summed E-state index contributed by atoms with van der Waals surface area (Å²) in [5.41, 5.74) is 0. The maximum atomic E-state index is 11.4. The summed E-state index contributed by atoms with van der Waals surface area (Å²) in [6, 6.07) is 0. The second kappa shape index (κ2) is 6.45. The molecule has 0 aromatic carbocycles. The first-order valence-electron chi connectivity index (χ1n) is 6.83. The second-order valence-electron chi connectivity index (χ2n) is 4.96. The minimum absolute atomic E-state index is 0.299. The molecule has 1 aliphatic heterocycles. The molecule has 0 amide bonds. The molecule has 0 unspecified atom stereocenters. The monoisotopic (exact) mass is 314 g/mol. The van der Waals surface area contributed by atoms with E-state index in [4.69, 9.17) is 23.7 Å². The summed E-state index contributed by atoms with van der Waals surface area (Å²) >= 11 is 0. The molecule has 8 heteroatoms. The van der Waals surface area contributed by atoms with Gasteiger partial charge in [-0.2, -0.15) is 0 Å². The van der Waals surface area contributed by atoms with Crippen molar-refractivity contribution in [3.8, 4) is 0 Å². The third kappa shape index (κ3) is 3.45. The molecule has 3 atom stereocenters. The van der Waals surface area contributed by atoms with Crippen LogP contribution in [0, 0.1) is 0 Å². The van der Waals surface area contributed by atoms with E-state index < -0.39 is 42.0 Å². The molecule has 0 aromatic rings. The average molecular weight is 314 g/mol. The van der Waals surface area contributed by atoms with Crippen LogP contribution in [0.5, 0.6) is 0 Å². The minimum Gasteiger partial charge on any atom is -0.454 e. The average Bonchev–Trinajstić information content (AvgIpc) is 2.86. The molecule has 0 saturated carbocycles. The number of esters is 3. The fourth-order valence-corrected chi connectivity index (χ4v) is 2.49. The fraction of sp³-hybridized carbons (Fsp3) is 0.643. The number of carbonyl (C=O) groups is 3. The Morgan fingerprint density at radius 2 is 1.50 bits per heavy atom. The lowest BCUT2D eigenvalue weighted by Gasteiger charge is -2.41. The molecule has 0 bridgehead atoms. The van der Waals surface area contributed by atoms with Crippen LogP contribution in [0.2, 0.25) is 0 Å². The second-order valence-corrected chi connectivity index (χ2v) is 4.96. The van der Waals surface area contributed by atoms with Crippen LogP contribution in [-0.2, 0) is 38.1 Å². The standard InChI is InChI=1S/C14H18O8/c1-8(15)20-11-4-5-14(18-6-7-19-14)13(22-10(3)17)12(11)21-9(2)16/h4-5,11-13H,6-7H2,1-3H3/t11-,12-,13-/m0/s1. The zero-order valence-electron chi connectivity index (χ0n) is 12.6. The van der Waals surface area contributed by atoms with E-state index in [-0.39, 0.29) is 0 Å². The van der Waals surface area contributed by atoms with E-state index in [0.29, 0.717) is 13.2 Å². The SMILES string of the molecule is CC(=O)O[C@H]1[C@@H](OC(C)=O)C=CC2(OCCO2)[C@H]1OC(C)=O. The van der Waals surface area contributed by atoms with E-state index in [1.165, 1.54) is 32.9 Å². The number of hydrogen-bond donors (Lipinski definition) is 0. The van der Waals surface area contributed by atoms with Crippen LogP contribution >= 0.6 is 0 Å². The summed E-state index contributed by atoms with van der Waals surface area (Å²) in [5, 5.41) is 0. The Kier molecular flexibility index (Phi) is 4.82. The highest BCUT2D eigenvalue weighted by atomic mass is 16.8. The molecule has 1 fully saturated rings. The Hall–Kier alpha value is -1.93. The zero-order valence-corrected chi connectivity index (χ0v) is 12.6. The third-order valence-corrected chi connectivity index (χ3v) is 3.17. The fourth-order valence-electron chi connectivity index (χ4n) is 2.49. The topological polar surface area (TPSA) is 97.4 Å². The van der Waals surface area contributed by atoms with E-state index in [1.54, 1.807) is 0 Å². The van der Waals surface area contributed by atoms with Crippen molar-refractivity contribution in [2.75, 3.05) is 13.2 Å². The molecule has 2 rings (SSSR count). The highest BCUT2D eigenvalue weighted by molar-refractivity contribution is 5.68. The first-order chi connectivity index (χ1) is 10.3. The van der Waals surface area contributed by atoms with E-state index in [1.807, 2.05) is 0 Å². The van der Waals surface area contributed by atoms with Gasteiger partial charge in [0.1, 0.15) is 0 Å². The molecular formula is C14H18O8. The largest absolute Gasteiger partial charge is 0.454 e. The highest BCUT2D eigenvalue weighted by Gasteiger charge is 2.55. The van der Waals surface area contributed by atoms with Gasteiger partial charge in [-0.25, -0.2) is 0 Å². The van der Waals surface area contributed by atoms with Gasteiger partial charge in [-0.1, -0.05) is 0 Å². The normalized spacial score (nSPS) is 29.1. The maximum Gasteiger partial charge on any atom is 0.303 e. The van der Waals surface area contributed by atoms with Crippen LogP contribution in [0.1, 0.15) is 20.8 Å². The van der Waals surface area contributed by atoms with Crippen molar-refractivity contribution < 1.29 is 38.1 Å². The predicted octanol–water partition coefficient (Wildman–Crippen LogP) is 0.0944. The van der Waals surface area contributed by atoms with Gasteiger partial charge in [-0.15, -0.1) is 0 Å². The summed E-state index contributed by atoms with van der Waals surface area (Å²) in [6.45, 7) is 4.25. The molecule has 1 heterocycles. The first-order valence-corrected chi connectivity index (χ1v) is 6.83. The first kappa shape index (κ1) is 16.4. The lowest BCUT2D eigenvalue weighted by molar-refractivity contribution is -0.246. The van der Waals surface area contributed by atoms with Gasteiger partial charge in [0, 0.05) is 20.8 Å². The number of rotatable bonds is 3. The van der Waals surface area contributed by atoms with Gasteiger partial charge in [-0.3, -0.25) is 14.4 Å². The van der Waals surface area contributed by atoms with Crippen LogP contribution in [-0.4, -0.2) is 55.2 Å². The summed E-state index contributed by atoms with van der Waals surface area (Å²) in [4.78, 5) is 34.0. The molecule has 1 saturated heterocycles.